The summed E-state index contributed by atoms with van der Waals surface area (Å²) in [6.07, 6.45) is 4.94. The van der Waals surface area contributed by atoms with Crippen LogP contribution in [0.15, 0.2) is 49.1 Å². The number of hydrogen-bond donors (Lipinski definition) is 1. The third-order valence-electron chi connectivity index (χ3n) is 4.51. The lowest BCUT2D eigenvalue weighted by Gasteiger charge is -2.31. The second kappa shape index (κ2) is 6.21. The Morgan fingerprint density at radius 1 is 1.11 bits per heavy atom. The Labute approximate surface area is 158 Å². The van der Waals surface area contributed by atoms with Crippen molar-refractivity contribution in [2.24, 2.45) is 0 Å². The number of nitrogens with one attached hydrogen (secondary N) is 1. The van der Waals surface area contributed by atoms with Gasteiger partial charge in [0.1, 0.15) is 17.9 Å². The Balaban J connectivity index is 1.67. The van der Waals surface area contributed by atoms with E-state index in [1.165, 1.54) is 12.1 Å². The zero-order valence-electron chi connectivity index (χ0n) is 14.0. The molecular weight excluding hydrogens is 369 g/mol. The molecule has 0 amide bonds. The summed E-state index contributed by atoms with van der Waals surface area (Å²) in [5.74, 6) is 0.256. The monoisotopic (exact) mass is 381 g/mol. The molecule has 0 radical (unpaired) electrons. The number of H-pyrrole nitrogens is 1. The smallest absolute Gasteiger partial charge is 0.179 e. The average molecular weight is 382 g/mol. The van der Waals surface area contributed by atoms with Crippen molar-refractivity contribution < 1.29 is 9.13 Å². The molecule has 134 valence electrons. The van der Waals surface area contributed by atoms with Gasteiger partial charge in [0, 0.05) is 16.8 Å². The van der Waals surface area contributed by atoms with Gasteiger partial charge in [-0.1, -0.05) is 11.6 Å². The van der Waals surface area contributed by atoms with Crippen molar-refractivity contribution in [1.82, 2.24) is 19.9 Å². The van der Waals surface area contributed by atoms with Gasteiger partial charge >= 0.3 is 0 Å². The Hall–Kier alpha value is -3.19. The van der Waals surface area contributed by atoms with E-state index in [1.807, 2.05) is 12.1 Å². The fourth-order valence-electron chi connectivity index (χ4n) is 3.27. The summed E-state index contributed by atoms with van der Waals surface area (Å²) in [5, 5.41) is 0.451. The number of fused-ring (bicyclic) bond motifs is 2. The molecular formula is C19H13ClFN5O. The summed E-state index contributed by atoms with van der Waals surface area (Å²) in [4.78, 5) is 18.1. The van der Waals surface area contributed by atoms with E-state index in [0.29, 0.717) is 40.8 Å². The van der Waals surface area contributed by atoms with Gasteiger partial charge in [-0.15, -0.1) is 0 Å². The molecule has 0 spiro atoms. The predicted molar refractivity (Wildman–Crippen MR) is 101 cm³/mol. The Kier molecular flexibility index (Phi) is 3.68. The minimum absolute atomic E-state index is 0.345. The maximum Gasteiger partial charge on any atom is 0.179 e. The molecule has 4 aromatic rings. The van der Waals surface area contributed by atoms with E-state index in [-0.39, 0.29) is 5.82 Å². The molecule has 1 aromatic carbocycles. The van der Waals surface area contributed by atoms with Crippen LogP contribution in [0.3, 0.4) is 0 Å². The molecule has 1 N–H and O–H groups in total. The van der Waals surface area contributed by atoms with Crippen LogP contribution in [0.4, 0.5) is 15.8 Å². The SMILES string of the molecule is Fc1ccc(Cl)cc1-c1cc2c(cn1)OCCN2c1ccnc2nc[nH]c12. The highest BCUT2D eigenvalue weighted by Gasteiger charge is 2.23. The first-order chi connectivity index (χ1) is 13.2. The summed E-state index contributed by atoms with van der Waals surface area (Å²) in [6, 6.07) is 8.14. The van der Waals surface area contributed by atoms with Gasteiger partial charge in [-0.25, -0.2) is 14.4 Å². The third kappa shape index (κ3) is 2.67. The molecule has 0 saturated carbocycles. The molecule has 8 heteroatoms. The number of anilines is 2. The molecule has 3 aromatic heterocycles. The average Bonchev–Trinajstić information content (AvgIpc) is 3.18. The zero-order chi connectivity index (χ0) is 18.4. The molecule has 1 aliphatic rings. The van der Waals surface area contributed by atoms with E-state index in [0.717, 1.165) is 16.9 Å². The number of aromatic amines is 1. The molecule has 5 rings (SSSR count). The number of nitrogens with zero attached hydrogens (tertiary/aromatic N) is 4. The van der Waals surface area contributed by atoms with Crippen molar-refractivity contribution in [2.45, 2.75) is 0 Å². The van der Waals surface area contributed by atoms with Gasteiger partial charge in [0.2, 0.25) is 0 Å². The number of imidazole rings is 1. The number of aromatic nitrogens is 4. The van der Waals surface area contributed by atoms with Crippen molar-refractivity contribution in [3.05, 3.63) is 59.9 Å². The fourth-order valence-corrected chi connectivity index (χ4v) is 3.45. The molecule has 6 nitrogen and oxygen atoms in total. The second-order valence-corrected chi connectivity index (χ2v) is 6.53. The topological polar surface area (TPSA) is 66.9 Å². The first-order valence-electron chi connectivity index (χ1n) is 8.34. The molecule has 0 saturated heterocycles. The van der Waals surface area contributed by atoms with Crippen molar-refractivity contribution in [2.75, 3.05) is 18.1 Å². The van der Waals surface area contributed by atoms with Crippen LogP contribution in [0.1, 0.15) is 0 Å². The first-order valence-corrected chi connectivity index (χ1v) is 8.72. The highest BCUT2D eigenvalue weighted by Crippen LogP contribution is 2.40. The van der Waals surface area contributed by atoms with Crippen molar-refractivity contribution in [1.29, 1.82) is 0 Å². The van der Waals surface area contributed by atoms with E-state index in [1.54, 1.807) is 24.8 Å². The van der Waals surface area contributed by atoms with Crippen LogP contribution in [0.2, 0.25) is 5.02 Å². The van der Waals surface area contributed by atoms with Crippen molar-refractivity contribution >= 4 is 34.1 Å². The maximum atomic E-state index is 14.3. The molecule has 0 bridgehead atoms. The Bertz CT molecular complexity index is 1160. The van der Waals surface area contributed by atoms with E-state index >= 15 is 0 Å². The summed E-state index contributed by atoms with van der Waals surface area (Å²) in [6.45, 7) is 1.14. The lowest BCUT2D eigenvalue weighted by Crippen LogP contribution is -2.29. The standard InChI is InChI=1S/C19H13ClFN5O/c20-11-1-2-13(21)12(7-11)14-8-16-17(9-23-14)27-6-5-26(16)15-3-4-22-19-18(15)24-10-25-19/h1-4,7-10H,5-6H2,(H,22,24,25). The molecule has 4 heterocycles. The molecule has 27 heavy (non-hydrogen) atoms. The van der Waals surface area contributed by atoms with Crippen molar-refractivity contribution in [3.8, 4) is 17.0 Å². The van der Waals surface area contributed by atoms with Gasteiger partial charge in [0.15, 0.2) is 11.4 Å². The zero-order valence-corrected chi connectivity index (χ0v) is 14.7. The van der Waals surface area contributed by atoms with E-state index < -0.39 is 0 Å². The summed E-state index contributed by atoms with van der Waals surface area (Å²) < 4.78 is 20.1. The van der Waals surface area contributed by atoms with Gasteiger partial charge in [-0.3, -0.25) is 4.98 Å². The van der Waals surface area contributed by atoms with Gasteiger partial charge in [0.25, 0.3) is 0 Å². The molecule has 1 aliphatic heterocycles. The Morgan fingerprint density at radius 3 is 2.96 bits per heavy atom. The first kappa shape index (κ1) is 16.0. The number of rotatable bonds is 2. The van der Waals surface area contributed by atoms with E-state index in [2.05, 4.69) is 24.8 Å². The van der Waals surface area contributed by atoms with Gasteiger partial charge in [0.05, 0.1) is 36.1 Å². The maximum absolute atomic E-state index is 14.3. The van der Waals surface area contributed by atoms with Gasteiger partial charge in [-0.05, 0) is 30.3 Å². The van der Waals surface area contributed by atoms with Crippen LogP contribution < -0.4 is 9.64 Å². The number of hydrogen-bond acceptors (Lipinski definition) is 5. The number of halogens is 2. The third-order valence-corrected chi connectivity index (χ3v) is 4.74. The van der Waals surface area contributed by atoms with Crippen molar-refractivity contribution in [3.63, 3.8) is 0 Å². The van der Waals surface area contributed by atoms with Crippen LogP contribution in [-0.2, 0) is 0 Å². The van der Waals surface area contributed by atoms with Crippen LogP contribution in [-0.4, -0.2) is 33.1 Å². The number of benzene rings is 1. The quantitative estimate of drug-likeness (QED) is 0.559. The molecule has 0 aliphatic carbocycles. The molecule has 0 fully saturated rings. The largest absolute Gasteiger partial charge is 0.488 e. The highest BCUT2D eigenvalue weighted by molar-refractivity contribution is 6.30. The Morgan fingerprint density at radius 2 is 2.04 bits per heavy atom. The highest BCUT2D eigenvalue weighted by atomic mass is 35.5. The van der Waals surface area contributed by atoms with Gasteiger partial charge in [-0.2, -0.15) is 0 Å². The molecule has 0 unspecified atom stereocenters. The number of ether oxygens (including phenoxy) is 1. The minimum Gasteiger partial charge on any atom is -0.488 e. The lowest BCUT2D eigenvalue weighted by molar-refractivity contribution is 0.313. The van der Waals surface area contributed by atoms with Crippen LogP contribution in [0.25, 0.3) is 22.4 Å². The normalized spacial score (nSPS) is 13.5. The van der Waals surface area contributed by atoms with Crippen LogP contribution in [0.5, 0.6) is 5.75 Å². The fraction of sp³-hybridized carbons (Fsp3) is 0.105. The minimum atomic E-state index is -0.380. The summed E-state index contributed by atoms with van der Waals surface area (Å²) in [5.41, 5.74) is 4.02. The summed E-state index contributed by atoms with van der Waals surface area (Å²) >= 11 is 6.04. The van der Waals surface area contributed by atoms with E-state index in [4.69, 9.17) is 16.3 Å². The second-order valence-electron chi connectivity index (χ2n) is 6.09. The summed E-state index contributed by atoms with van der Waals surface area (Å²) in [7, 11) is 0. The predicted octanol–water partition coefficient (Wildman–Crippen LogP) is 4.34. The van der Waals surface area contributed by atoms with Gasteiger partial charge < -0.3 is 14.6 Å². The van der Waals surface area contributed by atoms with E-state index in [9.17, 15) is 4.39 Å². The van der Waals surface area contributed by atoms with Crippen LogP contribution >= 0.6 is 11.6 Å². The number of pyridine rings is 2. The lowest BCUT2D eigenvalue weighted by atomic mass is 10.1. The molecule has 0 atom stereocenters. The van der Waals surface area contributed by atoms with Crippen LogP contribution in [0, 0.1) is 5.82 Å².